The number of nitrogens with zero attached hydrogens (tertiary/aromatic N) is 1. The van der Waals surface area contributed by atoms with Crippen LogP contribution in [-0.2, 0) is 6.54 Å². The van der Waals surface area contributed by atoms with E-state index in [1.165, 1.54) is 25.3 Å². The zero-order valence-electron chi connectivity index (χ0n) is 17.2. The van der Waals surface area contributed by atoms with Crippen molar-refractivity contribution in [1.82, 2.24) is 4.90 Å². The number of hydrogen-bond donors (Lipinski definition) is 1. The van der Waals surface area contributed by atoms with Crippen LogP contribution < -0.4 is 9.47 Å². The average Bonchev–Trinajstić information content (AvgIpc) is 2.75. The normalized spacial score (nSPS) is 14.8. The van der Waals surface area contributed by atoms with Crippen LogP contribution in [0.5, 0.6) is 17.2 Å². The zero-order valence-corrected chi connectivity index (χ0v) is 17.2. The van der Waals surface area contributed by atoms with Gasteiger partial charge in [0, 0.05) is 18.2 Å². The molecule has 154 valence electrons. The number of allylic oxidation sites excluding steroid dienone is 1. The lowest BCUT2D eigenvalue weighted by molar-refractivity contribution is 0.104. The molecule has 1 aliphatic rings. The predicted molar refractivity (Wildman–Crippen MR) is 115 cm³/mol. The molecule has 5 nitrogen and oxygen atoms in total. The Morgan fingerprint density at radius 3 is 2.69 bits per heavy atom. The zero-order chi connectivity index (χ0) is 20.6. The maximum Gasteiger partial charge on any atom is 0.189 e. The number of ether oxygens (including phenoxy) is 2. The highest BCUT2D eigenvalue weighted by atomic mass is 16.5. The lowest BCUT2D eigenvalue weighted by atomic mass is 10.0. The van der Waals surface area contributed by atoms with Crippen LogP contribution >= 0.6 is 0 Å². The van der Waals surface area contributed by atoms with Crippen LogP contribution in [-0.4, -0.2) is 42.6 Å². The van der Waals surface area contributed by atoms with Gasteiger partial charge in [-0.2, -0.15) is 0 Å². The molecular formula is C24H29NO4. The summed E-state index contributed by atoms with van der Waals surface area (Å²) in [7, 11) is 1.61. The van der Waals surface area contributed by atoms with E-state index in [1.54, 1.807) is 25.3 Å². The molecule has 0 amide bonds. The number of phenolic OH excluding ortho intramolecular Hbond substituents is 1. The summed E-state index contributed by atoms with van der Waals surface area (Å²) in [5, 5.41) is 10.4. The molecule has 3 rings (SSSR count). The molecule has 1 aliphatic heterocycles. The summed E-state index contributed by atoms with van der Waals surface area (Å²) in [6, 6.07) is 10.8. The number of phenols is 1. The van der Waals surface area contributed by atoms with Gasteiger partial charge in [-0.05, 0) is 62.7 Å². The second-order valence-corrected chi connectivity index (χ2v) is 7.22. The van der Waals surface area contributed by atoms with Crippen LogP contribution in [0.25, 0.3) is 6.08 Å². The van der Waals surface area contributed by atoms with E-state index in [9.17, 15) is 9.90 Å². The molecule has 0 saturated carbocycles. The van der Waals surface area contributed by atoms with Crippen LogP contribution in [0.3, 0.4) is 0 Å². The molecule has 0 spiro atoms. The monoisotopic (exact) mass is 395 g/mol. The molecule has 0 aliphatic carbocycles. The Bertz CT molecular complexity index is 869. The molecule has 0 bridgehead atoms. The molecule has 29 heavy (non-hydrogen) atoms. The molecule has 1 saturated heterocycles. The van der Waals surface area contributed by atoms with Gasteiger partial charge in [0.2, 0.25) is 0 Å². The van der Waals surface area contributed by atoms with Crippen molar-refractivity contribution in [2.45, 2.75) is 32.7 Å². The Morgan fingerprint density at radius 1 is 1.17 bits per heavy atom. The minimum atomic E-state index is -0.242. The Balaban J connectivity index is 1.83. The van der Waals surface area contributed by atoms with Gasteiger partial charge in [-0.25, -0.2) is 0 Å². The number of hydrogen-bond acceptors (Lipinski definition) is 5. The van der Waals surface area contributed by atoms with E-state index >= 15 is 0 Å². The summed E-state index contributed by atoms with van der Waals surface area (Å²) in [5.74, 6) is 1.07. The largest absolute Gasteiger partial charge is 0.507 e. The lowest BCUT2D eigenvalue weighted by Gasteiger charge is -2.27. The Morgan fingerprint density at radius 2 is 1.97 bits per heavy atom. The predicted octanol–water partition coefficient (Wildman–Crippen LogP) is 4.68. The van der Waals surface area contributed by atoms with Crippen molar-refractivity contribution in [3.63, 3.8) is 0 Å². The third-order valence-corrected chi connectivity index (χ3v) is 5.11. The van der Waals surface area contributed by atoms with E-state index in [1.807, 2.05) is 31.2 Å². The molecule has 0 unspecified atom stereocenters. The van der Waals surface area contributed by atoms with Crippen LogP contribution in [0.1, 0.15) is 47.7 Å². The summed E-state index contributed by atoms with van der Waals surface area (Å²) >= 11 is 0. The highest BCUT2D eigenvalue weighted by Crippen LogP contribution is 2.31. The maximum absolute atomic E-state index is 12.8. The molecule has 2 aromatic carbocycles. The van der Waals surface area contributed by atoms with Crippen LogP contribution in [0.4, 0.5) is 0 Å². The molecule has 2 aromatic rings. The minimum Gasteiger partial charge on any atom is -0.507 e. The van der Waals surface area contributed by atoms with E-state index in [4.69, 9.17) is 9.47 Å². The van der Waals surface area contributed by atoms with E-state index in [2.05, 4.69) is 4.90 Å². The molecule has 1 fully saturated rings. The molecular weight excluding hydrogens is 366 g/mol. The summed E-state index contributed by atoms with van der Waals surface area (Å²) in [6.45, 7) is 5.24. The van der Waals surface area contributed by atoms with Gasteiger partial charge in [-0.15, -0.1) is 0 Å². The Kier molecular flexibility index (Phi) is 7.30. The van der Waals surface area contributed by atoms with Crippen LogP contribution in [0.2, 0.25) is 0 Å². The first-order valence-electron chi connectivity index (χ1n) is 10.2. The number of aromatic hydroxyl groups is 1. The van der Waals surface area contributed by atoms with Crippen molar-refractivity contribution in [3.05, 3.63) is 59.2 Å². The first-order chi connectivity index (χ1) is 14.1. The first kappa shape index (κ1) is 20.9. The second kappa shape index (κ2) is 10.1. The summed E-state index contributed by atoms with van der Waals surface area (Å²) < 4.78 is 10.9. The van der Waals surface area contributed by atoms with Gasteiger partial charge in [0.25, 0.3) is 0 Å². The smallest absolute Gasteiger partial charge is 0.189 e. The van der Waals surface area contributed by atoms with Crippen molar-refractivity contribution in [3.8, 4) is 17.2 Å². The van der Waals surface area contributed by atoms with Gasteiger partial charge in [-0.1, -0.05) is 24.6 Å². The molecule has 0 aromatic heterocycles. The number of likely N-dealkylation sites (tertiary alicyclic amines) is 1. The maximum atomic E-state index is 12.8. The van der Waals surface area contributed by atoms with E-state index < -0.39 is 0 Å². The highest BCUT2D eigenvalue weighted by molar-refractivity contribution is 6.08. The van der Waals surface area contributed by atoms with Crippen molar-refractivity contribution in [1.29, 1.82) is 0 Å². The summed E-state index contributed by atoms with van der Waals surface area (Å²) in [4.78, 5) is 15.1. The number of rotatable bonds is 8. The summed E-state index contributed by atoms with van der Waals surface area (Å²) in [5.41, 5.74) is 2.08. The minimum absolute atomic E-state index is 0.0591. The van der Waals surface area contributed by atoms with Gasteiger partial charge in [0.05, 0.1) is 19.3 Å². The fourth-order valence-electron chi connectivity index (χ4n) is 3.59. The molecule has 1 heterocycles. The fraction of sp³-hybridized carbons (Fsp3) is 0.375. The molecule has 0 atom stereocenters. The first-order valence-corrected chi connectivity index (χ1v) is 10.2. The van der Waals surface area contributed by atoms with Gasteiger partial charge in [0.15, 0.2) is 5.78 Å². The van der Waals surface area contributed by atoms with Gasteiger partial charge < -0.3 is 14.6 Å². The number of benzene rings is 2. The van der Waals surface area contributed by atoms with Crippen molar-refractivity contribution < 1.29 is 19.4 Å². The number of piperidine rings is 1. The van der Waals surface area contributed by atoms with Crippen molar-refractivity contribution in [2.75, 3.05) is 26.8 Å². The third kappa shape index (κ3) is 5.61. The van der Waals surface area contributed by atoms with E-state index in [0.717, 1.165) is 36.5 Å². The average molecular weight is 395 g/mol. The highest BCUT2D eigenvalue weighted by Gasteiger charge is 2.18. The van der Waals surface area contributed by atoms with Crippen molar-refractivity contribution >= 4 is 11.9 Å². The fourth-order valence-corrected chi connectivity index (χ4v) is 3.59. The van der Waals surface area contributed by atoms with Crippen LogP contribution in [0.15, 0.2) is 42.5 Å². The van der Waals surface area contributed by atoms with E-state index in [-0.39, 0.29) is 11.5 Å². The Hall–Kier alpha value is -2.79. The second-order valence-electron chi connectivity index (χ2n) is 7.22. The molecule has 0 radical (unpaired) electrons. The van der Waals surface area contributed by atoms with Crippen molar-refractivity contribution in [2.24, 2.45) is 0 Å². The lowest BCUT2D eigenvalue weighted by Crippen LogP contribution is -2.29. The SMILES string of the molecule is CCOc1cc(O)c(C(=O)/C=C/c2cccc(OC)c2)cc1CN1CCCCC1. The van der Waals surface area contributed by atoms with Gasteiger partial charge in [-0.3, -0.25) is 9.69 Å². The Labute approximate surface area is 172 Å². The summed E-state index contributed by atoms with van der Waals surface area (Å²) in [6.07, 6.45) is 6.86. The molecule has 1 N–H and O–H groups in total. The quantitative estimate of drug-likeness (QED) is 0.519. The number of carbonyl (C=O) groups excluding carboxylic acids is 1. The van der Waals surface area contributed by atoms with Crippen LogP contribution in [0, 0.1) is 0 Å². The number of methoxy groups -OCH3 is 1. The number of ketones is 1. The van der Waals surface area contributed by atoms with E-state index in [0.29, 0.717) is 17.9 Å². The van der Waals surface area contributed by atoms with Gasteiger partial charge in [0.1, 0.15) is 17.2 Å². The standard InChI is InChI=1S/C24H29NO4/c1-3-29-24-16-23(27)21(15-19(24)17-25-12-5-4-6-13-25)22(26)11-10-18-8-7-9-20(14-18)28-2/h7-11,14-16,27H,3-6,12-13,17H2,1-2H3/b11-10+. The molecule has 5 heteroatoms. The third-order valence-electron chi connectivity index (χ3n) is 5.11. The number of carbonyl (C=O) groups is 1. The van der Waals surface area contributed by atoms with Gasteiger partial charge >= 0.3 is 0 Å². The topological polar surface area (TPSA) is 59.0 Å².